The third-order valence-corrected chi connectivity index (χ3v) is 5.18. The summed E-state index contributed by atoms with van der Waals surface area (Å²) in [6.45, 7) is 1.71. The Kier molecular flexibility index (Phi) is 3.42. The van der Waals surface area contributed by atoms with Crippen LogP contribution in [0.25, 0.3) is 0 Å². The SMILES string of the molecule is Cc1ccc(N2C=C(C#N)S(=O)(=O)c3ccc(F)cc32)c(F)c1. The van der Waals surface area contributed by atoms with Crippen LogP contribution >= 0.6 is 0 Å². The van der Waals surface area contributed by atoms with Crippen molar-refractivity contribution in [2.24, 2.45) is 0 Å². The first-order valence-corrected chi connectivity index (χ1v) is 8.05. The zero-order chi connectivity index (χ0) is 16.8. The lowest BCUT2D eigenvalue weighted by atomic mass is 10.2. The molecule has 0 N–H and O–H groups in total. The molecule has 23 heavy (non-hydrogen) atoms. The average Bonchev–Trinajstić information content (AvgIpc) is 2.48. The van der Waals surface area contributed by atoms with E-state index in [0.29, 0.717) is 5.56 Å². The number of aryl methyl sites for hydroxylation is 1. The minimum atomic E-state index is -4.04. The van der Waals surface area contributed by atoms with Crippen LogP contribution in [0.5, 0.6) is 0 Å². The highest BCUT2D eigenvalue weighted by molar-refractivity contribution is 7.95. The van der Waals surface area contributed by atoms with Crippen LogP contribution < -0.4 is 4.90 Å². The van der Waals surface area contributed by atoms with E-state index in [9.17, 15) is 17.2 Å². The summed E-state index contributed by atoms with van der Waals surface area (Å²) in [7, 11) is -4.04. The third-order valence-electron chi connectivity index (χ3n) is 3.48. The highest BCUT2D eigenvalue weighted by Gasteiger charge is 2.33. The molecule has 0 aliphatic carbocycles. The molecule has 3 rings (SSSR count). The number of nitriles is 1. The van der Waals surface area contributed by atoms with Gasteiger partial charge < -0.3 is 4.90 Å². The molecule has 0 aromatic heterocycles. The Hall–Kier alpha value is -2.72. The molecule has 0 saturated carbocycles. The van der Waals surface area contributed by atoms with E-state index >= 15 is 0 Å². The van der Waals surface area contributed by atoms with Crippen molar-refractivity contribution in [2.45, 2.75) is 11.8 Å². The lowest BCUT2D eigenvalue weighted by Crippen LogP contribution is -2.22. The second-order valence-electron chi connectivity index (χ2n) is 5.05. The Balaban J connectivity index is 2.33. The van der Waals surface area contributed by atoms with E-state index in [1.54, 1.807) is 19.1 Å². The number of hydrogen-bond acceptors (Lipinski definition) is 4. The minimum absolute atomic E-state index is 0.0325. The third kappa shape index (κ3) is 2.37. The maximum Gasteiger partial charge on any atom is 0.220 e. The van der Waals surface area contributed by atoms with Gasteiger partial charge in [-0.1, -0.05) is 6.07 Å². The van der Waals surface area contributed by atoms with Gasteiger partial charge in [-0.3, -0.25) is 0 Å². The van der Waals surface area contributed by atoms with E-state index < -0.39 is 26.4 Å². The monoisotopic (exact) mass is 332 g/mol. The van der Waals surface area contributed by atoms with Gasteiger partial charge >= 0.3 is 0 Å². The van der Waals surface area contributed by atoms with Gasteiger partial charge in [0, 0.05) is 6.20 Å². The number of halogens is 2. The van der Waals surface area contributed by atoms with Crippen molar-refractivity contribution in [3.05, 3.63) is 64.7 Å². The molecule has 0 amide bonds. The summed E-state index contributed by atoms with van der Waals surface area (Å²) >= 11 is 0. The largest absolute Gasteiger partial charge is 0.311 e. The summed E-state index contributed by atoms with van der Waals surface area (Å²) in [5.74, 6) is -1.27. The molecule has 116 valence electrons. The normalized spacial score (nSPS) is 15.6. The first-order valence-electron chi connectivity index (χ1n) is 6.56. The smallest absolute Gasteiger partial charge is 0.220 e. The lowest BCUT2D eigenvalue weighted by molar-refractivity contribution is 0.599. The molecule has 7 heteroatoms. The van der Waals surface area contributed by atoms with Crippen LogP contribution in [0.4, 0.5) is 20.2 Å². The number of sulfone groups is 1. The molecule has 1 heterocycles. The van der Waals surface area contributed by atoms with E-state index in [0.717, 1.165) is 24.4 Å². The fourth-order valence-electron chi connectivity index (χ4n) is 2.38. The molecule has 0 saturated heterocycles. The van der Waals surface area contributed by atoms with Crippen LogP contribution in [-0.2, 0) is 9.84 Å². The molecule has 0 fully saturated rings. The van der Waals surface area contributed by atoms with Gasteiger partial charge in [-0.2, -0.15) is 5.26 Å². The lowest BCUT2D eigenvalue weighted by Gasteiger charge is -2.27. The van der Waals surface area contributed by atoms with E-state index in [2.05, 4.69) is 0 Å². The summed E-state index contributed by atoms with van der Waals surface area (Å²) in [6, 6.07) is 9.01. The minimum Gasteiger partial charge on any atom is -0.311 e. The first-order chi connectivity index (χ1) is 10.8. The van der Waals surface area contributed by atoms with E-state index in [4.69, 9.17) is 5.26 Å². The molecule has 0 atom stereocenters. The molecule has 0 unspecified atom stereocenters. The van der Waals surface area contributed by atoms with Crippen LogP contribution in [0.1, 0.15) is 5.56 Å². The molecule has 4 nitrogen and oxygen atoms in total. The molecule has 0 bridgehead atoms. The number of anilines is 2. The second-order valence-corrected chi connectivity index (χ2v) is 6.93. The van der Waals surface area contributed by atoms with Crippen molar-refractivity contribution < 1.29 is 17.2 Å². The Bertz CT molecular complexity index is 992. The summed E-state index contributed by atoms with van der Waals surface area (Å²) in [5, 5.41) is 9.09. The van der Waals surface area contributed by atoms with Gasteiger partial charge in [0.25, 0.3) is 0 Å². The second kappa shape index (κ2) is 5.18. The highest BCUT2D eigenvalue weighted by atomic mass is 32.2. The molecular formula is C16H10F2N2O2S. The number of nitrogens with zero attached hydrogens (tertiary/aromatic N) is 2. The van der Waals surface area contributed by atoms with Crippen molar-refractivity contribution in [1.29, 1.82) is 5.26 Å². The number of fused-ring (bicyclic) bond motifs is 1. The maximum atomic E-state index is 14.3. The Morgan fingerprint density at radius 3 is 2.48 bits per heavy atom. The standard InChI is InChI=1S/C16H10F2N2O2S/c1-10-2-4-14(13(18)6-10)20-9-12(8-19)23(21,22)16-5-3-11(17)7-15(16)20/h2-7,9H,1H3. The number of hydrogen-bond donors (Lipinski definition) is 0. The summed E-state index contributed by atoms with van der Waals surface area (Å²) in [4.78, 5) is 0.404. The molecule has 2 aromatic rings. The summed E-state index contributed by atoms with van der Waals surface area (Å²) in [6.07, 6.45) is 1.00. The average molecular weight is 332 g/mol. The zero-order valence-electron chi connectivity index (χ0n) is 11.9. The molecule has 0 spiro atoms. The predicted molar refractivity (Wildman–Crippen MR) is 80.6 cm³/mol. The van der Waals surface area contributed by atoms with E-state index in [1.165, 1.54) is 17.0 Å². The topological polar surface area (TPSA) is 61.2 Å². The Labute approximate surface area is 131 Å². The van der Waals surface area contributed by atoms with E-state index in [-0.39, 0.29) is 16.3 Å². The van der Waals surface area contributed by atoms with Crippen molar-refractivity contribution >= 4 is 21.2 Å². The van der Waals surface area contributed by atoms with Crippen LogP contribution in [0.3, 0.4) is 0 Å². The number of rotatable bonds is 1. The van der Waals surface area contributed by atoms with Crippen molar-refractivity contribution in [1.82, 2.24) is 0 Å². The number of allylic oxidation sites excluding steroid dienone is 1. The summed E-state index contributed by atoms with van der Waals surface area (Å²) < 4.78 is 52.5. The van der Waals surface area contributed by atoms with E-state index in [1.807, 2.05) is 0 Å². The fourth-order valence-corrected chi connectivity index (χ4v) is 3.66. The van der Waals surface area contributed by atoms with Crippen molar-refractivity contribution in [2.75, 3.05) is 4.90 Å². The summed E-state index contributed by atoms with van der Waals surface area (Å²) in [5.41, 5.74) is 0.677. The van der Waals surface area contributed by atoms with Gasteiger partial charge in [-0.15, -0.1) is 0 Å². The molecular weight excluding hydrogens is 322 g/mol. The van der Waals surface area contributed by atoms with Gasteiger partial charge in [0.2, 0.25) is 9.84 Å². The molecule has 1 aliphatic rings. The Morgan fingerprint density at radius 2 is 1.83 bits per heavy atom. The van der Waals surface area contributed by atoms with Gasteiger partial charge in [-0.05, 0) is 42.8 Å². The fraction of sp³-hybridized carbons (Fsp3) is 0.0625. The maximum absolute atomic E-state index is 14.3. The van der Waals surface area contributed by atoms with Crippen molar-refractivity contribution in [3.8, 4) is 6.07 Å². The van der Waals surface area contributed by atoms with Crippen LogP contribution in [-0.4, -0.2) is 8.42 Å². The van der Waals surface area contributed by atoms with Gasteiger partial charge in [0.1, 0.15) is 17.7 Å². The zero-order valence-corrected chi connectivity index (χ0v) is 12.7. The quantitative estimate of drug-likeness (QED) is 0.749. The van der Waals surface area contributed by atoms with Gasteiger partial charge in [0.05, 0.1) is 16.3 Å². The van der Waals surface area contributed by atoms with Crippen molar-refractivity contribution in [3.63, 3.8) is 0 Å². The van der Waals surface area contributed by atoms with Crippen LogP contribution in [0.2, 0.25) is 0 Å². The Morgan fingerprint density at radius 1 is 1.09 bits per heavy atom. The molecule has 2 aromatic carbocycles. The molecule has 0 radical (unpaired) electrons. The van der Waals surface area contributed by atoms with Crippen LogP contribution in [0, 0.1) is 29.9 Å². The van der Waals surface area contributed by atoms with Gasteiger partial charge in [0.15, 0.2) is 4.91 Å². The predicted octanol–water partition coefficient (Wildman–Crippen LogP) is 3.56. The number of benzene rings is 2. The first kappa shape index (κ1) is 15.2. The highest BCUT2D eigenvalue weighted by Crippen LogP contribution is 2.40. The molecule has 1 aliphatic heterocycles. The van der Waals surface area contributed by atoms with Gasteiger partial charge in [-0.25, -0.2) is 17.2 Å². The van der Waals surface area contributed by atoms with Crippen LogP contribution in [0.15, 0.2) is 52.4 Å².